The van der Waals surface area contributed by atoms with Crippen molar-refractivity contribution in [2.45, 2.75) is 77.3 Å². The molecule has 0 spiro atoms. The molecule has 2 unspecified atom stereocenters. The van der Waals surface area contributed by atoms with E-state index in [1.54, 1.807) is 6.92 Å². The average Bonchev–Trinajstić information content (AvgIpc) is 2.58. The van der Waals surface area contributed by atoms with Crippen LogP contribution >= 0.6 is 11.6 Å². The van der Waals surface area contributed by atoms with Gasteiger partial charge in [0.05, 0.1) is 28.9 Å². The number of rotatable bonds is 8. The van der Waals surface area contributed by atoms with Crippen LogP contribution in [-0.4, -0.2) is 40.8 Å². The Labute approximate surface area is 191 Å². The Bertz CT molecular complexity index is 874. The molecular formula is C23H39ClO2Si4. The zero-order valence-electron chi connectivity index (χ0n) is 20.4. The monoisotopic (exact) mass is 494 g/mol. The maximum Gasteiger partial charge on any atom is 0.159 e. The molecule has 0 saturated heterocycles. The molecular weight excluding hydrogens is 456 g/mol. The minimum absolute atomic E-state index is 0.0144. The first-order valence-electron chi connectivity index (χ1n) is 10.8. The first-order chi connectivity index (χ1) is 13.5. The number of hydrogen-bond acceptors (Lipinski definition) is 2. The molecule has 0 aromatic heterocycles. The number of Topliss-reactive ketones (excluding diaryl/α,β-unsaturated/α-hetero) is 1. The highest BCUT2D eigenvalue weighted by Crippen LogP contribution is 2.43. The molecule has 2 atom stereocenters. The van der Waals surface area contributed by atoms with Gasteiger partial charge in [-0.3, -0.25) is 4.79 Å². The molecule has 2 aromatic carbocycles. The minimum Gasteiger partial charge on any atom is -0.417 e. The first kappa shape index (κ1) is 25.7. The number of halogens is 1. The summed E-state index contributed by atoms with van der Waals surface area (Å²) in [5.41, 5.74) is 1.04. The summed E-state index contributed by atoms with van der Waals surface area (Å²) in [6, 6.07) is 14.8. The lowest BCUT2D eigenvalue weighted by atomic mass is 10.0. The van der Waals surface area contributed by atoms with Gasteiger partial charge < -0.3 is 4.43 Å². The molecule has 2 rings (SSSR count). The summed E-state index contributed by atoms with van der Waals surface area (Å²) in [5.74, 6) is -0.0144. The maximum atomic E-state index is 12.5. The largest absolute Gasteiger partial charge is 0.417 e. The van der Waals surface area contributed by atoms with E-state index in [2.05, 4.69) is 101 Å². The molecule has 0 heterocycles. The van der Waals surface area contributed by atoms with Crippen molar-refractivity contribution in [1.82, 2.24) is 0 Å². The van der Waals surface area contributed by atoms with Gasteiger partial charge in [-0.05, 0) is 29.3 Å². The number of ketones is 1. The van der Waals surface area contributed by atoms with Gasteiger partial charge in [0.15, 0.2) is 12.7 Å². The number of benzene rings is 2. The van der Waals surface area contributed by atoms with Crippen LogP contribution in [0.1, 0.15) is 18.6 Å². The lowest BCUT2D eigenvalue weighted by Gasteiger charge is -2.57. The molecule has 0 N–H and O–H groups in total. The van der Waals surface area contributed by atoms with Gasteiger partial charge in [0.25, 0.3) is 0 Å². The van der Waals surface area contributed by atoms with Crippen molar-refractivity contribution in [2.24, 2.45) is 0 Å². The molecule has 0 saturated carbocycles. The van der Waals surface area contributed by atoms with Crippen LogP contribution in [0.2, 0.25) is 58.9 Å². The Kier molecular flexibility index (Phi) is 7.54. The van der Waals surface area contributed by atoms with Crippen LogP contribution in [0.25, 0.3) is 10.8 Å². The minimum atomic E-state index is -2.14. The standard InChI is InChI=1S/C23H39ClO2Si4/c1-18(25)22(24)23(21-16-15-19-13-11-12-14-20(19)17-21)26-30(27(2,3)4,28(5,6)7)29(8,9)10/h11-17,22-23H,1-10H3. The van der Waals surface area contributed by atoms with E-state index in [9.17, 15) is 4.79 Å². The summed E-state index contributed by atoms with van der Waals surface area (Å²) in [6.45, 7) is 21.9. The fourth-order valence-corrected chi connectivity index (χ4v) is 100. The molecule has 0 amide bonds. The first-order valence-corrected chi connectivity index (χ1v) is 26.7. The normalized spacial score (nSPS) is 15.8. The molecule has 0 aliphatic carbocycles. The molecule has 0 aliphatic rings. The van der Waals surface area contributed by atoms with Gasteiger partial charge >= 0.3 is 0 Å². The molecule has 30 heavy (non-hydrogen) atoms. The van der Waals surface area contributed by atoms with Crippen LogP contribution in [-0.2, 0) is 9.22 Å². The molecule has 0 fully saturated rings. The second-order valence-corrected chi connectivity index (χ2v) is 51.5. The number of alkyl halides is 1. The van der Waals surface area contributed by atoms with Gasteiger partial charge in [0.2, 0.25) is 0 Å². The van der Waals surface area contributed by atoms with Crippen LogP contribution in [0.3, 0.4) is 0 Å². The van der Waals surface area contributed by atoms with Gasteiger partial charge in [-0.2, -0.15) is 0 Å². The van der Waals surface area contributed by atoms with Crippen LogP contribution < -0.4 is 0 Å². The molecule has 0 aliphatic heterocycles. The van der Waals surface area contributed by atoms with E-state index in [1.807, 2.05) is 0 Å². The van der Waals surface area contributed by atoms with Gasteiger partial charge in [-0.15, -0.1) is 11.6 Å². The second-order valence-electron chi connectivity index (χ2n) is 11.6. The van der Waals surface area contributed by atoms with Gasteiger partial charge in [0.1, 0.15) is 5.38 Å². The van der Waals surface area contributed by atoms with Crippen molar-refractivity contribution >= 4 is 57.8 Å². The zero-order valence-corrected chi connectivity index (χ0v) is 25.1. The Hall–Kier alpha value is -0.512. The Balaban J connectivity index is 2.75. The van der Waals surface area contributed by atoms with Gasteiger partial charge in [0, 0.05) is 0 Å². The van der Waals surface area contributed by atoms with Gasteiger partial charge in [-0.1, -0.05) is 95.3 Å². The smallest absolute Gasteiger partial charge is 0.159 e. The summed E-state index contributed by atoms with van der Waals surface area (Å²) < 4.78 is 7.46. The van der Waals surface area contributed by atoms with Crippen LogP contribution in [0, 0.1) is 0 Å². The average molecular weight is 495 g/mol. The Morgan fingerprint density at radius 3 is 1.70 bits per heavy atom. The summed E-state index contributed by atoms with van der Waals surface area (Å²) in [4.78, 5) is 12.5. The lowest BCUT2D eigenvalue weighted by Crippen LogP contribution is -2.84. The highest BCUT2D eigenvalue weighted by atomic mass is 35.5. The van der Waals surface area contributed by atoms with E-state index in [-0.39, 0.29) is 11.9 Å². The van der Waals surface area contributed by atoms with E-state index in [0.29, 0.717) is 0 Å². The van der Waals surface area contributed by atoms with Gasteiger partial charge in [-0.25, -0.2) is 0 Å². The number of carbonyl (C=O) groups is 1. The third-order valence-electron chi connectivity index (χ3n) is 6.23. The molecule has 2 aromatic rings. The van der Waals surface area contributed by atoms with Crippen LogP contribution in [0.5, 0.6) is 0 Å². The van der Waals surface area contributed by atoms with E-state index >= 15 is 0 Å². The van der Waals surface area contributed by atoms with Crippen LogP contribution in [0.15, 0.2) is 42.5 Å². The summed E-state index contributed by atoms with van der Waals surface area (Å²) in [6.07, 6.45) is -0.384. The Morgan fingerprint density at radius 2 is 1.27 bits per heavy atom. The Morgan fingerprint density at radius 1 is 0.800 bits per heavy atom. The van der Waals surface area contributed by atoms with Crippen molar-refractivity contribution in [3.05, 3.63) is 48.0 Å². The third-order valence-corrected chi connectivity index (χ3v) is 74.3. The zero-order chi connectivity index (χ0) is 23.1. The van der Waals surface area contributed by atoms with E-state index in [4.69, 9.17) is 16.0 Å². The fourth-order valence-electron chi connectivity index (χ4n) is 5.99. The topological polar surface area (TPSA) is 26.3 Å². The van der Waals surface area contributed by atoms with E-state index in [1.165, 1.54) is 5.39 Å². The van der Waals surface area contributed by atoms with E-state index in [0.717, 1.165) is 10.9 Å². The fraction of sp³-hybridized carbons (Fsp3) is 0.522. The van der Waals surface area contributed by atoms with Crippen molar-refractivity contribution < 1.29 is 9.22 Å². The molecule has 166 valence electrons. The lowest BCUT2D eigenvalue weighted by molar-refractivity contribution is -0.118. The van der Waals surface area contributed by atoms with Crippen molar-refractivity contribution in [1.29, 1.82) is 0 Å². The second kappa shape index (κ2) is 8.79. The predicted octanol–water partition coefficient (Wildman–Crippen LogP) is 7.29. The molecule has 2 nitrogen and oxygen atoms in total. The maximum absolute atomic E-state index is 12.5. The molecule has 0 radical (unpaired) electrons. The predicted molar refractivity (Wildman–Crippen MR) is 144 cm³/mol. The summed E-state index contributed by atoms with van der Waals surface area (Å²) in [7, 11) is -5.00. The highest BCUT2D eigenvalue weighted by Gasteiger charge is 2.65. The quantitative estimate of drug-likeness (QED) is 0.284. The summed E-state index contributed by atoms with van der Waals surface area (Å²) >= 11 is 6.82. The van der Waals surface area contributed by atoms with E-state index < -0.39 is 35.0 Å². The van der Waals surface area contributed by atoms with Crippen molar-refractivity contribution in [3.8, 4) is 0 Å². The summed E-state index contributed by atoms with van der Waals surface area (Å²) in [5, 5.41) is 1.69. The third kappa shape index (κ3) is 4.78. The van der Waals surface area contributed by atoms with Crippen molar-refractivity contribution in [3.63, 3.8) is 0 Å². The molecule has 7 heteroatoms. The number of carbonyl (C=O) groups excluding carboxylic acids is 1. The highest BCUT2D eigenvalue weighted by molar-refractivity contribution is 7.87. The number of fused-ring (bicyclic) bond motifs is 1. The number of hydrogen-bond donors (Lipinski definition) is 0. The van der Waals surface area contributed by atoms with Crippen molar-refractivity contribution in [2.75, 3.05) is 0 Å². The SMILES string of the molecule is CC(=O)C(Cl)C(O[Si]([Si](C)(C)C)([Si](C)(C)C)[Si](C)(C)C)c1ccc2ccccc2c1. The van der Waals surface area contributed by atoms with Crippen LogP contribution in [0.4, 0.5) is 0 Å². The molecule has 0 bridgehead atoms.